The van der Waals surface area contributed by atoms with Crippen molar-refractivity contribution in [1.29, 1.82) is 0 Å². The van der Waals surface area contributed by atoms with Crippen LogP contribution in [0.2, 0.25) is 0 Å². The van der Waals surface area contributed by atoms with Crippen molar-refractivity contribution in [3.8, 4) is 11.3 Å². The van der Waals surface area contributed by atoms with E-state index >= 15 is 0 Å². The molecule has 0 radical (unpaired) electrons. The van der Waals surface area contributed by atoms with Gasteiger partial charge in [0.15, 0.2) is 0 Å². The van der Waals surface area contributed by atoms with E-state index in [9.17, 15) is 0 Å². The van der Waals surface area contributed by atoms with Crippen LogP contribution < -0.4 is 0 Å². The van der Waals surface area contributed by atoms with Crippen molar-refractivity contribution in [2.75, 3.05) is 0 Å². The summed E-state index contributed by atoms with van der Waals surface area (Å²) in [6, 6.07) is 10.5. The maximum atomic E-state index is 4.64. The van der Waals surface area contributed by atoms with Crippen molar-refractivity contribution < 1.29 is 0 Å². The fourth-order valence-corrected chi connectivity index (χ4v) is 2.19. The highest BCUT2D eigenvalue weighted by Gasteiger charge is 2.08. The second-order valence-corrected chi connectivity index (χ2v) is 5.46. The van der Waals surface area contributed by atoms with Gasteiger partial charge in [-0.3, -0.25) is 0 Å². The van der Waals surface area contributed by atoms with E-state index < -0.39 is 0 Å². The summed E-state index contributed by atoms with van der Waals surface area (Å²) >= 11 is 3.46. The SMILES string of the molecule is CCc1cccc(-c2cc(Br)nc(C(C)C)n2)c1. The van der Waals surface area contributed by atoms with Gasteiger partial charge in [0.2, 0.25) is 0 Å². The van der Waals surface area contributed by atoms with E-state index in [1.165, 1.54) is 5.56 Å². The van der Waals surface area contributed by atoms with Gasteiger partial charge in [-0.1, -0.05) is 39.0 Å². The van der Waals surface area contributed by atoms with Gasteiger partial charge >= 0.3 is 0 Å². The van der Waals surface area contributed by atoms with Gasteiger partial charge < -0.3 is 0 Å². The average molecular weight is 305 g/mol. The van der Waals surface area contributed by atoms with Crippen LogP contribution in [0.15, 0.2) is 34.9 Å². The Labute approximate surface area is 117 Å². The number of nitrogens with zero attached hydrogens (tertiary/aromatic N) is 2. The highest BCUT2D eigenvalue weighted by Crippen LogP contribution is 2.23. The zero-order valence-corrected chi connectivity index (χ0v) is 12.5. The van der Waals surface area contributed by atoms with Gasteiger partial charge in [-0.2, -0.15) is 0 Å². The third kappa shape index (κ3) is 2.96. The van der Waals surface area contributed by atoms with Crippen LogP contribution in [0.5, 0.6) is 0 Å². The van der Waals surface area contributed by atoms with Crippen molar-refractivity contribution in [2.24, 2.45) is 0 Å². The third-order valence-corrected chi connectivity index (χ3v) is 3.27. The van der Waals surface area contributed by atoms with Crippen LogP contribution in [-0.2, 0) is 6.42 Å². The normalized spacial score (nSPS) is 10.9. The Morgan fingerprint density at radius 1 is 1.17 bits per heavy atom. The molecule has 0 aliphatic carbocycles. The summed E-state index contributed by atoms with van der Waals surface area (Å²) in [6.07, 6.45) is 1.04. The Bertz CT molecular complexity index is 550. The molecule has 1 heterocycles. The summed E-state index contributed by atoms with van der Waals surface area (Å²) in [5.41, 5.74) is 3.46. The largest absolute Gasteiger partial charge is 0.233 e. The van der Waals surface area contributed by atoms with Crippen molar-refractivity contribution in [2.45, 2.75) is 33.1 Å². The fourth-order valence-electron chi connectivity index (χ4n) is 1.79. The molecule has 0 fully saturated rings. The maximum absolute atomic E-state index is 4.64. The van der Waals surface area contributed by atoms with Crippen molar-refractivity contribution >= 4 is 15.9 Å². The smallest absolute Gasteiger partial charge is 0.132 e. The number of aromatic nitrogens is 2. The molecule has 0 N–H and O–H groups in total. The molecule has 0 saturated heterocycles. The van der Waals surface area contributed by atoms with E-state index in [4.69, 9.17) is 0 Å². The molecule has 0 saturated carbocycles. The summed E-state index contributed by atoms with van der Waals surface area (Å²) in [4.78, 5) is 9.04. The Balaban J connectivity index is 2.49. The number of benzene rings is 1. The molecular weight excluding hydrogens is 288 g/mol. The molecule has 0 spiro atoms. The van der Waals surface area contributed by atoms with Crippen LogP contribution in [-0.4, -0.2) is 9.97 Å². The molecule has 0 unspecified atom stereocenters. The van der Waals surface area contributed by atoms with Crippen molar-refractivity contribution in [1.82, 2.24) is 9.97 Å². The second-order valence-electron chi connectivity index (χ2n) is 4.64. The van der Waals surface area contributed by atoms with E-state index in [-0.39, 0.29) is 0 Å². The standard InChI is InChI=1S/C15H17BrN2/c1-4-11-6-5-7-12(8-11)13-9-14(16)18-15(17-13)10(2)3/h5-10H,4H2,1-3H3. The highest BCUT2D eigenvalue weighted by atomic mass is 79.9. The molecule has 0 atom stereocenters. The Morgan fingerprint density at radius 2 is 1.94 bits per heavy atom. The zero-order valence-electron chi connectivity index (χ0n) is 10.9. The van der Waals surface area contributed by atoms with E-state index in [2.05, 4.69) is 70.9 Å². The molecule has 18 heavy (non-hydrogen) atoms. The zero-order chi connectivity index (χ0) is 13.1. The molecule has 3 heteroatoms. The topological polar surface area (TPSA) is 25.8 Å². The molecular formula is C15H17BrN2. The summed E-state index contributed by atoms with van der Waals surface area (Å²) < 4.78 is 0.845. The van der Waals surface area contributed by atoms with Gasteiger partial charge in [0.25, 0.3) is 0 Å². The second kappa shape index (κ2) is 5.61. The molecule has 1 aromatic heterocycles. The van der Waals surface area contributed by atoms with E-state index in [0.29, 0.717) is 5.92 Å². The molecule has 2 nitrogen and oxygen atoms in total. The molecule has 0 bridgehead atoms. The lowest BCUT2D eigenvalue weighted by Gasteiger charge is -2.08. The average Bonchev–Trinajstić information content (AvgIpc) is 2.38. The Hall–Kier alpha value is -1.22. The van der Waals surface area contributed by atoms with E-state index in [1.807, 2.05) is 6.07 Å². The number of hydrogen-bond donors (Lipinski definition) is 0. The lowest BCUT2D eigenvalue weighted by Crippen LogP contribution is -1.99. The van der Waals surface area contributed by atoms with Gasteiger partial charge in [-0.25, -0.2) is 9.97 Å². The number of aryl methyl sites for hydroxylation is 1. The van der Waals surface area contributed by atoms with Crippen LogP contribution in [0, 0.1) is 0 Å². The number of rotatable bonds is 3. The van der Waals surface area contributed by atoms with Crippen molar-refractivity contribution in [3.63, 3.8) is 0 Å². The monoisotopic (exact) mass is 304 g/mol. The predicted octanol–water partition coefficient (Wildman–Crippen LogP) is 4.59. The maximum Gasteiger partial charge on any atom is 0.132 e. The first-order chi connectivity index (χ1) is 8.60. The van der Waals surface area contributed by atoms with E-state index in [1.54, 1.807) is 0 Å². The molecule has 1 aromatic carbocycles. The fraction of sp³-hybridized carbons (Fsp3) is 0.333. The number of hydrogen-bond acceptors (Lipinski definition) is 2. The first kappa shape index (κ1) is 13.2. The van der Waals surface area contributed by atoms with Crippen LogP contribution in [0.3, 0.4) is 0 Å². The minimum absolute atomic E-state index is 0.329. The molecule has 2 aromatic rings. The van der Waals surface area contributed by atoms with Crippen molar-refractivity contribution in [3.05, 3.63) is 46.3 Å². The predicted molar refractivity (Wildman–Crippen MR) is 78.6 cm³/mol. The van der Waals surface area contributed by atoms with Crippen LogP contribution in [0.25, 0.3) is 11.3 Å². The lowest BCUT2D eigenvalue weighted by atomic mass is 10.1. The van der Waals surface area contributed by atoms with Crippen LogP contribution in [0.1, 0.15) is 38.1 Å². The lowest BCUT2D eigenvalue weighted by molar-refractivity contribution is 0.771. The van der Waals surface area contributed by atoms with Gasteiger partial charge in [-0.05, 0) is 40.0 Å². The first-order valence-corrected chi connectivity index (χ1v) is 7.03. The summed E-state index contributed by atoms with van der Waals surface area (Å²) in [6.45, 7) is 6.37. The minimum atomic E-state index is 0.329. The summed E-state index contributed by atoms with van der Waals surface area (Å²) in [7, 11) is 0. The van der Waals surface area contributed by atoms with Gasteiger partial charge in [-0.15, -0.1) is 0 Å². The minimum Gasteiger partial charge on any atom is -0.233 e. The third-order valence-electron chi connectivity index (χ3n) is 2.86. The van der Waals surface area contributed by atoms with Gasteiger partial charge in [0.05, 0.1) is 5.69 Å². The highest BCUT2D eigenvalue weighted by molar-refractivity contribution is 9.10. The number of halogens is 1. The van der Waals surface area contributed by atoms with Gasteiger partial charge in [0, 0.05) is 11.5 Å². The Morgan fingerprint density at radius 3 is 2.61 bits per heavy atom. The summed E-state index contributed by atoms with van der Waals surface area (Å²) in [5, 5.41) is 0. The molecule has 0 aliphatic rings. The molecule has 94 valence electrons. The quantitative estimate of drug-likeness (QED) is 0.775. The molecule has 0 amide bonds. The van der Waals surface area contributed by atoms with E-state index in [0.717, 1.165) is 28.1 Å². The Kier molecular flexibility index (Phi) is 4.12. The summed E-state index contributed by atoms with van der Waals surface area (Å²) in [5.74, 6) is 1.21. The van der Waals surface area contributed by atoms with Gasteiger partial charge in [0.1, 0.15) is 10.4 Å². The molecule has 2 rings (SSSR count). The molecule has 0 aliphatic heterocycles. The van der Waals surface area contributed by atoms with Crippen LogP contribution >= 0.6 is 15.9 Å². The first-order valence-electron chi connectivity index (χ1n) is 6.24. The van der Waals surface area contributed by atoms with Crippen LogP contribution in [0.4, 0.5) is 0 Å².